The molecule has 12 heavy (non-hydrogen) atoms. The highest BCUT2D eigenvalue weighted by atomic mass is 32.2. The van der Waals surface area contributed by atoms with Crippen LogP contribution in [0.4, 0.5) is 0 Å². The van der Waals surface area contributed by atoms with E-state index in [1.165, 1.54) is 17.8 Å². The van der Waals surface area contributed by atoms with Gasteiger partial charge in [-0.3, -0.25) is 4.79 Å². The lowest BCUT2D eigenvalue weighted by Gasteiger charge is -2.12. The minimum absolute atomic E-state index is 0.170. The first-order valence-electron chi connectivity index (χ1n) is 3.78. The van der Waals surface area contributed by atoms with Gasteiger partial charge in [-0.05, 0) is 20.1 Å². The van der Waals surface area contributed by atoms with Crippen molar-refractivity contribution in [2.45, 2.75) is 25.0 Å². The van der Waals surface area contributed by atoms with Crippen LogP contribution in [-0.4, -0.2) is 15.8 Å². The lowest BCUT2D eigenvalue weighted by molar-refractivity contribution is 0.526. The Hall–Kier alpha value is -0.770. The van der Waals surface area contributed by atoms with E-state index in [1.54, 1.807) is 6.20 Å². The number of hydrogen-bond donors (Lipinski definition) is 0. The molecule has 0 aromatic carbocycles. The molecule has 0 saturated heterocycles. The van der Waals surface area contributed by atoms with Gasteiger partial charge in [-0.25, -0.2) is 0 Å². The van der Waals surface area contributed by atoms with E-state index < -0.39 is 0 Å². The highest BCUT2D eigenvalue weighted by molar-refractivity contribution is 7.98. The highest BCUT2D eigenvalue weighted by Crippen LogP contribution is 2.14. The molecule has 0 aliphatic rings. The molecular formula is C8H12N2OS. The van der Waals surface area contributed by atoms with Gasteiger partial charge in [-0.1, -0.05) is 11.8 Å². The molecule has 0 aliphatic heterocycles. The van der Waals surface area contributed by atoms with Crippen LogP contribution in [-0.2, 0) is 0 Å². The molecule has 3 nitrogen and oxygen atoms in total. The summed E-state index contributed by atoms with van der Waals surface area (Å²) in [5.74, 6) is 0. The van der Waals surface area contributed by atoms with Crippen molar-refractivity contribution >= 4 is 11.8 Å². The summed E-state index contributed by atoms with van der Waals surface area (Å²) in [5, 5.41) is 0.775. The third-order valence-corrected chi connectivity index (χ3v) is 2.21. The van der Waals surface area contributed by atoms with Crippen LogP contribution < -0.4 is 5.56 Å². The zero-order valence-corrected chi connectivity index (χ0v) is 8.26. The van der Waals surface area contributed by atoms with Gasteiger partial charge in [0.15, 0.2) is 5.16 Å². The third-order valence-electron chi connectivity index (χ3n) is 1.54. The maximum atomic E-state index is 10.9. The molecule has 66 valence electrons. The Morgan fingerprint density at radius 1 is 1.58 bits per heavy atom. The Balaban J connectivity index is 3.20. The summed E-state index contributed by atoms with van der Waals surface area (Å²) in [5.41, 5.74) is -0.170. The summed E-state index contributed by atoms with van der Waals surface area (Å²) in [6, 6.07) is 1.83. The van der Waals surface area contributed by atoms with Gasteiger partial charge < -0.3 is 4.57 Å². The van der Waals surface area contributed by atoms with Gasteiger partial charge >= 0.3 is 0 Å². The average molecular weight is 184 g/mol. The summed E-state index contributed by atoms with van der Waals surface area (Å²) >= 11 is 1.49. The Morgan fingerprint density at radius 3 is 2.75 bits per heavy atom. The summed E-state index contributed by atoms with van der Waals surface area (Å²) in [4.78, 5) is 14.8. The second kappa shape index (κ2) is 3.76. The van der Waals surface area contributed by atoms with E-state index in [4.69, 9.17) is 0 Å². The minimum Gasteiger partial charge on any atom is -0.325 e. The van der Waals surface area contributed by atoms with E-state index in [0.29, 0.717) is 6.04 Å². The van der Waals surface area contributed by atoms with Gasteiger partial charge in [0, 0.05) is 18.3 Å². The van der Waals surface area contributed by atoms with Gasteiger partial charge in [0.2, 0.25) is 0 Å². The molecule has 1 aromatic rings. The summed E-state index contributed by atoms with van der Waals surface area (Å²) in [7, 11) is 0. The van der Waals surface area contributed by atoms with Gasteiger partial charge in [0.25, 0.3) is 5.56 Å². The van der Waals surface area contributed by atoms with Crippen LogP contribution in [0.5, 0.6) is 0 Å². The van der Waals surface area contributed by atoms with E-state index >= 15 is 0 Å². The number of thioether (sulfide) groups is 1. The maximum Gasteiger partial charge on any atom is 0.273 e. The predicted octanol–water partition coefficient (Wildman–Crippen LogP) is 1.55. The largest absolute Gasteiger partial charge is 0.325 e. The van der Waals surface area contributed by atoms with Crippen molar-refractivity contribution in [2.75, 3.05) is 6.26 Å². The zero-order chi connectivity index (χ0) is 9.14. The lowest BCUT2D eigenvalue weighted by Crippen LogP contribution is -2.14. The third kappa shape index (κ3) is 1.88. The van der Waals surface area contributed by atoms with Crippen LogP contribution in [0.1, 0.15) is 19.9 Å². The molecule has 0 unspecified atom stereocenters. The monoisotopic (exact) mass is 184 g/mol. The Bertz CT molecular complexity index is 319. The van der Waals surface area contributed by atoms with E-state index in [0.717, 1.165) is 5.16 Å². The molecule has 0 spiro atoms. The number of hydrogen-bond acceptors (Lipinski definition) is 3. The van der Waals surface area contributed by atoms with Crippen molar-refractivity contribution in [3.8, 4) is 0 Å². The molecular weight excluding hydrogens is 172 g/mol. The van der Waals surface area contributed by atoms with E-state index in [1.807, 2.05) is 10.8 Å². The zero-order valence-electron chi connectivity index (χ0n) is 7.44. The van der Waals surface area contributed by atoms with Crippen LogP contribution in [0.2, 0.25) is 0 Å². The molecule has 0 N–H and O–H groups in total. The van der Waals surface area contributed by atoms with Gasteiger partial charge in [0.05, 0.1) is 0 Å². The average Bonchev–Trinajstić information content (AvgIpc) is 2.03. The second-order valence-corrected chi connectivity index (χ2v) is 3.53. The summed E-state index contributed by atoms with van der Waals surface area (Å²) in [6.07, 6.45) is 3.70. The first kappa shape index (κ1) is 9.32. The molecule has 0 amide bonds. The quantitative estimate of drug-likeness (QED) is 0.516. The lowest BCUT2D eigenvalue weighted by atomic mass is 10.4. The first-order chi connectivity index (χ1) is 5.65. The smallest absolute Gasteiger partial charge is 0.273 e. The molecule has 1 aromatic heterocycles. The van der Waals surface area contributed by atoms with Crippen LogP contribution >= 0.6 is 11.8 Å². The molecule has 0 radical (unpaired) electrons. The van der Waals surface area contributed by atoms with E-state index in [9.17, 15) is 4.79 Å². The number of nitrogens with zero attached hydrogens (tertiary/aromatic N) is 2. The van der Waals surface area contributed by atoms with Gasteiger partial charge in [-0.2, -0.15) is 4.98 Å². The molecule has 0 aliphatic carbocycles. The van der Waals surface area contributed by atoms with Gasteiger partial charge in [-0.15, -0.1) is 0 Å². The summed E-state index contributed by atoms with van der Waals surface area (Å²) in [6.45, 7) is 4.12. The topological polar surface area (TPSA) is 34.9 Å². The molecule has 0 saturated carbocycles. The molecule has 1 heterocycles. The van der Waals surface area contributed by atoms with Crippen LogP contribution in [0, 0.1) is 0 Å². The fraction of sp³-hybridized carbons (Fsp3) is 0.500. The molecule has 1 rings (SSSR count). The van der Waals surface area contributed by atoms with Crippen LogP contribution in [0.25, 0.3) is 0 Å². The number of rotatable bonds is 2. The van der Waals surface area contributed by atoms with Gasteiger partial charge in [0.1, 0.15) is 0 Å². The van der Waals surface area contributed by atoms with Crippen molar-refractivity contribution < 1.29 is 0 Å². The van der Waals surface area contributed by atoms with Crippen molar-refractivity contribution in [2.24, 2.45) is 0 Å². The normalized spacial score (nSPS) is 10.7. The molecule has 0 fully saturated rings. The first-order valence-corrected chi connectivity index (χ1v) is 5.01. The fourth-order valence-electron chi connectivity index (χ4n) is 0.941. The molecule has 0 bridgehead atoms. The number of aromatic nitrogens is 2. The Kier molecular flexibility index (Phi) is 2.92. The standard InChI is InChI=1S/C8H12N2OS/c1-6(2)10-5-4-7(11)9-8(10)12-3/h4-6H,1-3H3. The fourth-order valence-corrected chi connectivity index (χ4v) is 1.60. The van der Waals surface area contributed by atoms with E-state index in [-0.39, 0.29) is 5.56 Å². The summed E-state index contributed by atoms with van der Waals surface area (Å²) < 4.78 is 1.98. The molecule has 4 heteroatoms. The Morgan fingerprint density at radius 2 is 2.25 bits per heavy atom. The van der Waals surface area contributed by atoms with Crippen molar-refractivity contribution in [3.63, 3.8) is 0 Å². The SMILES string of the molecule is CSc1nc(=O)ccn1C(C)C. The maximum absolute atomic E-state index is 10.9. The van der Waals surface area contributed by atoms with Crippen molar-refractivity contribution in [3.05, 3.63) is 22.6 Å². The van der Waals surface area contributed by atoms with Crippen LogP contribution in [0.15, 0.2) is 22.2 Å². The van der Waals surface area contributed by atoms with Crippen molar-refractivity contribution in [1.29, 1.82) is 0 Å². The second-order valence-electron chi connectivity index (χ2n) is 2.75. The van der Waals surface area contributed by atoms with E-state index in [2.05, 4.69) is 18.8 Å². The Labute approximate surface area is 75.8 Å². The van der Waals surface area contributed by atoms with Crippen molar-refractivity contribution in [1.82, 2.24) is 9.55 Å². The highest BCUT2D eigenvalue weighted by Gasteiger charge is 2.03. The minimum atomic E-state index is -0.170. The predicted molar refractivity (Wildman–Crippen MR) is 50.7 cm³/mol. The van der Waals surface area contributed by atoms with Crippen LogP contribution in [0.3, 0.4) is 0 Å². The molecule has 0 atom stereocenters.